The molecule has 0 amide bonds. The average molecular weight is 332 g/mol. The SMILES string of the molecule is CCCNCc1cn[nH]c1S(=O)(=O)NCC1CCCCS1. The molecular formula is C13H24N4O2S2. The van der Waals surface area contributed by atoms with Gasteiger partial charge in [-0.15, -0.1) is 0 Å². The van der Waals surface area contributed by atoms with Crippen molar-refractivity contribution in [2.24, 2.45) is 0 Å². The maximum Gasteiger partial charge on any atom is 0.257 e. The molecular weight excluding hydrogens is 308 g/mol. The summed E-state index contributed by atoms with van der Waals surface area (Å²) in [6, 6.07) is 0. The van der Waals surface area contributed by atoms with Crippen molar-refractivity contribution in [3.63, 3.8) is 0 Å². The molecule has 1 aromatic rings. The van der Waals surface area contributed by atoms with E-state index in [1.807, 2.05) is 11.8 Å². The van der Waals surface area contributed by atoms with E-state index in [0.717, 1.165) is 25.1 Å². The predicted molar refractivity (Wildman–Crippen MR) is 85.9 cm³/mol. The van der Waals surface area contributed by atoms with E-state index in [0.29, 0.717) is 23.9 Å². The number of nitrogens with one attached hydrogen (secondary N) is 3. The van der Waals surface area contributed by atoms with E-state index in [1.54, 1.807) is 6.20 Å². The zero-order chi connectivity index (χ0) is 15.1. The molecule has 0 aliphatic carbocycles. The zero-order valence-corrected chi connectivity index (χ0v) is 14.0. The van der Waals surface area contributed by atoms with Gasteiger partial charge in [-0.25, -0.2) is 13.1 Å². The van der Waals surface area contributed by atoms with E-state index in [2.05, 4.69) is 27.2 Å². The molecule has 0 bridgehead atoms. The number of hydrogen-bond donors (Lipinski definition) is 3. The van der Waals surface area contributed by atoms with Crippen molar-refractivity contribution in [3.8, 4) is 0 Å². The second-order valence-electron chi connectivity index (χ2n) is 5.24. The van der Waals surface area contributed by atoms with Crippen molar-refractivity contribution < 1.29 is 8.42 Å². The van der Waals surface area contributed by atoms with E-state index in [4.69, 9.17) is 0 Å². The summed E-state index contributed by atoms with van der Waals surface area (Å²) in [7, 11) is -3.51. The lowest BCUT2D eigenvalue weighted by Crippen LogP contribution is -2.33. The Hall–Kier alpha value is -0.570. The predicted octanol–water partition coefficient (Wildman–Crippen LogP) is 1.47. The van der Waals surface area contributed by atoms with Crippen LogP contribution in [0.25, 0.3) is 0 Å². The van der Waals surface area contributed by atoms with Gasteiger partial charge < -0.3 is 5.32 Å². The molecule has 0 aromatic carbocycles. The molecule has 0 radical (unpaired) electrons. The number of H-pyrrole nitrogens is 1. The first-order valence-electron chi connectivity index (χ1n) is 7.47. The highest BCUT2D eigenvalue weighted by Gasteiger charge is 2.23. The third kappa shape index (κ3) is 4.98. The summed E-state index contributed by atoms with van der Waals surface area (Å²) in [6.07, 6.45) is 6.10. The number of rotatable bonds is 8. The first kappa shape index (κ1) is 16.8. The number of sulfonamides is 1. The van der Waals surface area contributed by atoms with Gasteiger partial charge in [0.2, 0.25) is 0 Å². The van der Waals surface area contributed by atoms with Crippen molar-refractivity contribution in [2.75, 3.05) is 18.8 Å². The van der Waals surface area contributed by atoms with E-state index < -0.39 is 10.0 Å². The fraction of sp³-hybridized carbons (Fsp3) is 0.769. The zero-order valence-electron chi connectivity index (χ0n) is 12.4. The molecule has 1 fully saturated rings. The van der Waals surface area contributed by atoms with Crippen LogP contribution in [-0.2, 0) is 16.6 Å². The van der Waals surface area contributed by atoms with Crippen molar-refractivity contribution in [3.05, 3.63) is 11.8 Å². The van der Waals surface area contributed by atoms with E-state index in [9.17, 15) is 8.42 Å². The Morgan fingerprint density at radius 1 is 1.48 bits per heavy atom. The van der Waals surface area contributed by atoms with Crippen molar-refractivity contribution in [1.82, 2.24) is 20.2 Å². The minimum Gasteiger partial charge on any atom is -0.313 e. The number of thioether (sulfide) groups is 1. The van der Waals surface area contributed by atoms with Gasteiger partial charge in [-0.2, -0.15) is 16.9 Å². The molecule has 1 unspecified atom stereocenters. The second-order valence-corrected chi connectivity index (χ2v) is 8.35. The highest BCUT2D eigenvalue weighted by molar-refractivity contribution is 8.00. The summed E-state index contributed by atoms with van der Waals surface area (Å²) in [5.41, 5.74) is 0.687. The number of hydrogen-bond acceptors (Lipinski definition) is 5. The maximum atomic E-state index is 12.4. The molecule has 120 valence electrons. The maximum absolute atomic E-state index is 12.4. The van der Waals surface area contributed by atoms with E-state index in [1.165, 1.54) is 12.8 Å². The third-order valence-electron chi connectivity index (χ3n) is 3.46. The van der Waals surface area contributed by atoms with Gasteiger partial charge in [0.25, 0.3) is 10.0 Å². The molecule has 2 rings (SSSR count). The lowest BCUT2D eigenvalue weighted by molar-refractivity contribution is 0.567. The molecule has 6 nitrogen and oxygen atoms in total. The van der Waals surface area contributed by atoms with E-state index >= 15 is 0 Å². The molecule has 1 aromatic heterocycles. The average Bonchev–Trinajstić information content (AvgIpc) is 2.96. The van der Waals surface area contributed by atoms with Gasteiger partial charge in [0, 0.05) is 23.9 Å². The Morgan fingerprint density at radius 2 is 2.33 bits per heavy atom. The largest absolute Gasteiger partial charge is 0.313 e. The number of nitrogens with zero attached hydrogens (tertiary/aromatic N) is 1. The van der Waals surface area contributed by atoms with Crippen LogP contribution in [0, 0.1) is 0 Å². The van der Waals surface area contributed by atoms with Crippen LogP contribution in [0.4, 0.5) is 0 Å². The van der Waals surface area contributed by atoms with Crippen molar-refractivity contribution >= 4 is 21.8 Å². The van der Waals surface area contributed by atoms with Crippen LogP contribution in [0.5, 0.6) is 0 Å². The van der Waals surface area contributed by atoms with Crippen molar-refractivity contribution in [2.45, 2.75) is 49.4 Å². The minimum absolute atomic E-state index is 0.187. The van der Waals surface area contributed by atoms with Crippen LogP contribution in [-0.4, -0.2) is 42.7 Å². The third-order valence-corrected chi connectivity index (χ3v) is 6.30. The molecule has 0 saturated carbocycles. The smallest absolute Gasteiger partial charge is 0.257 e. The summed E-state index contributed by atoms with van der Waals surface area (Å²) < 4.78 is 27.5. The summed E-state index contributed by atoms with van der Waals surface area (Å²) in [6.45, 7) is 3.94. The van der Waals surface area contributed by atoms with Gasteiger partial charge >= 0.3 is 0 Å². The molecule has 3 N–H and O–H groups in total. The Kier molecular flexibility index (Phi) is 6.53. The first-order valence-corrected chi connectivity index (χ1v) is 10.0. The molecule has 1 aliphatic heterocycles. The molecule has 0 spiro atoms. The van der Waals surface area contributed by atoms with Crippen LogP contribution in [0.2, 0.25) is 0 Å². The highest BCUT2D eigenvalue weighted by Crippen LogP contribution is 2.24. The minimum atomic E-state index is -3.51. The Morgan fingerprint density at radius 3 is 3.05 bits per heavy atom. The van der Waals surface area contributed by atoms with Crippen molar-refractivity contribution in [1.29, 1.82) is 0 Å². The van der Waals surface area contributed by atoms with Gasteiger partial charge in [0.15, 0.2) is 5.03 Å². The van der Waals surface area contributed by atoms with Gasteiger partial charge in [-0.3, -0.25) is 5.10 Å². The van der Waals surface area contributed by atoms with Crippen LogP contribution >= 0.6 is 11.8 Å². The molecule has 1 atom stereocenters. The Bertz CT molecular complexity index is 524. The summed E-state index contributed by atoms with van der Waals surface area (Å²) in [4.78, 5) is 0. The molecule has 8 heteroatoms. The van der Waals surface area contributed by atoms with Crippen LogP contribution in [0.1, 0.15) is 38.2 Å². The van der Waals surface area contributed by atoms with Crippen LogP contribution < -0.4 is 10.0 Å². The normalized spacial score (nSPS) is 19.8. The first-order chi connectivity index (χ1) is 10.1. The van der Waals surface area contributed by atoms with Crippen LogP contribution in [0.15, 0.2) is 11.2 Å². The second kappa shape index (κ2) is 8.17. The fourth-order valence-electron chi connectivity index (χ4n) is 2.30. The Labute approximate surface area is 130 Å². The summed E-state index contributed by atoms with van der Waals surface area (Å²) >= 11 is 1.86. The van der Waals surface area contributed by atoms with Crippen LogP contribution in [0.3, 0.4) is 0 Å². The van der Waals surface area contributed by atoms with Gasteiger partial charge in [0.05, 0.1) is 6.20 Å². The van der Waals surface area contributed by atoms with Gasteiger partial charge in [0.1, 0.15) is 0 Å². The highest BCUT2D eigenvalue weighted by atomic mass is 32.2. The summed E-state index contributed by atoms with van der Waals surface area (Å²) in [5, 5.41) is 10.3. The van der Waals surface area contributed by atoms with Gasteiger partial charge in [-0.05, 0) is 31.6 Å². The number of aromatic amines is 1. The molecule has 21 heavy (non-hydrogen) atoms. The standard InChI is InChI=1S/C13H24N4O2S2/c1-2-6-14-8-11-9-15-17-13(11)21(18,19)16-10-12-5-3-4-7-20-12/h9,12,14,16H,2-8,10H2,1H3,(H,15,17). The topological polar surface area (TPSA) is 86.9 Å². The van der Waals surface area contributed by atoms with Gasteiger partial charge in [-0.1, -0.05) is 13.3 Å². The molecule has 1 saturated heterocycles. The monoisotopic (exact) mass is 332 g/mol. The Balaban J connectivity index is 1.93. The lowest BCUT2D eigenvalue weighted by Gasteiger charge is -2.21. The quantitative estimate of drug-likeness (QED) is 0.628. The summed E-state index contributed by atoms with van der Waals surface area (Å²) in [5.74, 6) is 1.13. The number of aromatic nitrogens is 2. The lowest BCUT2D eigenvalue weighted by atomic mass is 10.2. The molecule has 1 aliphatic rings. The fourth-order valence-corrected chi connectivity index (χ4v) is 4.85. The van der Waals surface area contributed by atoms with E-state index in [-0.39, 0.29) is 5.03 Å². The molecule has 2 heterocycles.